The second-order valence-corrected chi connectivity index (χ2v) is 12.8. The highest BCUT2D eigenvalue weighted by Crippen LogP contribution is 2.45. The Morgan fingerprint density at radius 1 is 0.921 bits per heavy atom. The number of aryl methyl sites for hydroxylation is 1. The van der Waals surface area contributed by atoms with Gasteiger partial charge in [-0.2, -0.15) is 0 Å². The van der Waals surface area contributed by atoms with E-state index in [-0.39, 0.29) is 5.41 Å². The van der Waals surface area contributed by atoms with Crippen LogP contribution in [-0.2, 0) is 12.0 Å². The molecule has 3 aliphatic rings. The molecule has 0 aliphatic carbocycles. The van der Waals surface area contributed by atoms with Crippen molar-refractivity contribution in [3.8, 4) is 0 Å². The number of nitrogens with zero attached hydrogens (tertiary/aromatic N) is 5. The molecule has 2 atom stereocenters. The number of fused-ring (bicyclic) bond motifs is 3. The molecule has 5 nitrogen and oxygen atoms in total. The van der Waals surface area contributed by atoms with Crippen molar-refractivity contribution < 1.29 is 0 Å². The van der Waals surface area contributed by atoms with E-state index in [2.05, 4.69) is 86.3 Å². The van der Waals surface area contributed by atoms with Crippen LogP contribution in [0.5, 0.6) is 0 Å². The van der Waals surface area contributed by atoms with Gasteiger partial charge < -0.3 is 4.57 Å². The number of hydrogen-bond acceptors (Lipinski definition) is 5. The normalized spacial score (nSPS) is 25.8. The number of thiazole rings is 1. The first-order chi connectivity index (χ1) is 18.7. The Balaban J connectivity index is 1.06. The average molecular weight is 526 g/mol. The molecular formula is C32H39N5S. The molecule has 4 aromatic rings. The summed E-state index contributed by atoms with van der Waals surface area (Å²) in [4.78, 5) is 15.0. The van der Waals surface area contributed by atoms with E-state index >= 15 is 0 Å². The quantitative estimate of drug-likeness (QED) is 0.273. The van der Waals surface area contributed by atoms with E-state index in [1.807, 2.05) is 6.20 Å². The van der Waals surface area contributed by atoms with E-state index in [0.29, 0.717) is 18.1 Å². The highest BCUT2D eigenvalue weighted by Gasteiger charge is 2.44. The largest absolute Gasteiger partial charge is 0.325 e. The SMILES string of the molecule is Cc1nc2ccccc2n1C1CC2CCC(C1)N2CCC1(c2ccccc2)CCN(Cc2nccs2)CC1. The van der Waals surface area contributed by atoms with Crippen LogP contribution in [0.1, 0.15) is 67.4 Å². The molecule has 38 heavy (non-hydrogen) atoms. The van der Waals surface area contributed by atoms with Crippen molar-refractivity contribution in [3.63, 3.8) is 0 Å². The Morgan fingerprint density at radius 2 is 1.66 bits per heavy atom. The van der Waals surface area contributed by atoms with Crippen molar-refractivity contribution >= 4 is 22.4 Å². The minimum absolute atomic E-state index is 0.286. The van der Waals surface area contributed by atoms with Gasteiger partial charge in [-0.15, -0.1) is 11.3 Å². The lowest BCUT2D eigenvalue weighted by atomic mass is 9.70. The number of rotatable bonds is 7. The van der Waals surface area contributed by atoms with Crippen molar-refractivity contribution in [3.05, 3.63) is 82.6 Å². The molecule has 6 heteroatoms. The first-order valence-electron chi connectivity index (χ1n) is 14.5. The number of piperidine rings is 2. The Kier molecular flexibility index (Phi) is 6.58. The zero-order valence-electron chi connectivity index (χ0n) is 22.5. The van der Waals surface area contributed by atoms with Crippen molar-refractivity contribution in [1.82, 2.24) is 24.3 Å². The summed E-state index contributed by atoms with van der Waals surface area (Å²) in [5.74, 6) is 1.18. The number of hydrogen-bond donors (Lipinski definition) is 0. The molecule has 0 amide bonds. The molecule has 2 unspecified atom stereocenters. The molecule has 198 valence electrons. The van der Waals surface area contributed by atoms with Gasteiger partial charge in [-0.3, -0.25) is 9.80 Å². The molecule has 5 heterocycles. The molecule has 3 fully saturated rings. The van der Waals surface area contributed by atoms with Crippen molar-refractivity contribution in [2.45, 2.75) is 82.0 Å². The zero-order valence-corrected chi connectivity index (χ0v) is 23.3. The second kappa shape index (κ2) is 10.2. The van der Waals surface area contributed by atoms with E-state index in [1.165, 1.54) is 67.8 Å². The average Bonchev–Trinajstić information content (AvgIpc) is 3.64. The molecule has 2 aromatic heterocycles. The van der Waals surface area contributed by atoms with Gasteiger partial charge in [-0.1, -0.05) is 42.5 Å². The van der Waals surface area contributed by atoms with Crippen molar-refractivity contribution in [1.29, 1.82) is 0 Å². The highest BCUT2D eigenvalue weighted by atomic mass is 32.1. The fraction of sp³-hybridized carbons (Fsp3) is 0.500. The van der Waals surface area contributed by atoms with Gasteiger partial charge in [-0.05, 0) is 94.6 Å². The maximum atomic E-state index is 4.89. The van der Waals surface area contributed by atoms with Crippen LogP contribution in [0.25, 0.3) is 11.0 Å². The standard InChI is InChI=1S/C32H39N5S/c1-24-34-29-9-5-6-10-30(29)37(24)28-21-26-11-12-27(22-28)36(26)19-15-32(25-7-3-2-4-8-25)13-17-35(18-14-32)23-31-33-16-20-38-31/h2-10,16,20,26-28H,11-15,17-19,21-23H2,1H3. The lowest BCUT2D eigenvalue weighted by molar-refractivity contribution is 0.0812. The van der Waals surface area contributed by atoms with Gasteiger partial charge in [-0.25, -0.2) is 9.97 Å². The van der Waals surface area contributed by atoms with E-state index < -0.39 is 0 Å². The monoisotopic (exact) mass is 525 g/mol. The summed E-state index contributed by atoms with van der Waals surface area (Å²) < 4.78 is 2.56. The molecule has 0 spiro atoms. The molecule has 0 saturated carbocycles. The van der Waals surface area contributed by atoms with Crippen LogP contribution in [-0.4, -0.2) is 56.1 Å². The van der Waals surface area contributed by atoms with E-state index in [0.717, 1.165) is 25.2 Å². The highest BCUT2D eigenvalue weighted by molar-refractivity contribution is 7.09. The van der Waals surface area contributed by atoms with Crippen LogP contribution < -0.4 is 0 Å². The minimum Gasteiger partial charge on any atom is -0.325 e. The maximum Gasteiger partial charge on any atom is 0.107 e. The molecule has 2 bridgehead atoms. The van der Waals surface area contributed by atoms with Crippen LogP contribution in [0.2, 0.25) is 0 Å². The Bertz CT molecular complexity index is 1340. The lowest BCUT2D eigenvalue weighted by Gasteiger charge is -2.45. The zero-order chi connectivity index (χ0) is 25.5. The Hall–Kier alpha value is -2.54. The first kappa shape index (κ1) is 24.5. The fourth-order valence-electron chi connectivity index (χ4n) is 7.93. The van der Waals surface area contributed by atoms with Gasteiger partial charge >= 0.3 is 0 Å². The van der Waals surface area contributed by atoms with E-state index in [4.69, 9.17) is 4.98 Å². The van der Waals surface area contributed by atoms with E-state index in [1.54, 1.807) is 16.9 Å². The summed E-state index contributed by atoms with van der Waals surface area (Å²) in [6.07, 6.45) is 10.9. The number of benzene rings is 2. The number of imidazole rings is 1. The van der Waals surface area contributed by atoms with Crippen LogP contribution in [0.15, 0.2) is 66.2 Å². The van der Waals surface area contributed by atoms with Gasteiger partial charge in [0.2, 0.25) is 0 Å². The van der Waals surface area contributed by atoms with Gasteiger partial charge in [0.05, 0.1) is 17.6 Å². The number of aromatic nitrogens is 3. The van der Waals surface area contributed by atoms with E-state index in [9.17, 15) is 0 Å². The predicted molar refractivity (Wildman–Crippen MR) is 156 cm³/mol. The first-order valence-corrected chi connectivity index (χ1v) is 15.4. The molecular weight excluding hydrogens is 486 g/mol. The van der Waals surface area contributed by atoms with Gasteiger partial charge in [0.15, 0.2) is 0 Å². The van der Waals surface area contributed by atoms with Gasteiger partial charge in [0.1, 0.15) is 10.8 Å². The third-order valence-electron chi connectivity index (χ3n) is 9.89. The topological polar surface area (TPSA) is 37.2 Å². The third kappa shape index (κ3) is 4.51. The fourth-order valence-corrected chi connectivity index (χ4v) is 8.58. The smallest absolute Gasteiger partial charge is 0.107 e. The summed E-state index contributed by atoms with van der Waals surface area (Å²) in [5.41, 5.74) is 4.30. The summed E-state index contributed by atoms with van der Waals surface area (Å²) in [5, 5.41) is 3.35. The molecule has 0 N–H and O–H groups in total. The molecule has 3 saturated heterocycles. The molecule has 3 aliphatic heterocycles. The van der Waals surface area contributed by atoms with Crippen LogP contribution in [0, 0.1) is 6.92 Å². The summed E-state index contributed by atoms with van der Waals surface area (Å²) in [6.45, 7) is 6.75. The number of para-hydroxylation sites is 2. The van der Waals surface area contributed by atoms with Crippen LogP contribution in [0.3, 0.4) is 0 Å². The van der Waals surface area contributed by atoms with Crippen LogP contribution in [0.4, 0.5) is 0 Å². The molecule has 2 aromatic carbocycles. The van der Waals surface area contributed by atoms with Gasteiger partial charge in [0.25, 0.3) is 0 Å². The summed E-state index contributed by atoms with van der Waals surface area (Å²) in [6, 6.07) is 22.1. The third-order valence-corrected chi connectivity index (χ3v) is 10.7. The predicted octanol–water partition coefficient (Wildman–Crippen LogP) is 6.59. The maximum absolute atomic E-state index is 4.89. The molecule has 7 rings (SSSR count). The minimum atomic E-state index is 0.286. The lowest BCUT2D eigenvalue weighted by Crippen LogP contribution is -2.48. The van der Waals surface area contributed by atoms with Crippen molar-refractivity contribution in [2.75, 3.05) is 19.6 Å². The number of likely N-dealkylation sites (tertiary alicyclic amines) is 1. The Morgan fingerprint density at radius 3 is 2.39 bits per heavy atom. The van der Waals surface area contributed by atoms with Gasteiger partial charge in [0, 0.05) is 29.7 Å². The second-order valence-electron chi connectivity index (χ2n) is 11.9. The summed E-state index contributed by atoms with van der Waals surface area (Å²) in [7, 11) is 0. The van der Waals surface area contributed by atoms with Crippen molar-refractivity contribution in [2.24, 2.45) is 0 Å². The summed E-state index contributed by atoms with van der Waals surface area (Å²) >= 11 is 1.78. The molecule has 0 radical (unpaired) electrons. The van der Waals surface area contributed by atoms with Crippen LogP contribution >= 0.6 is 11.3 Å². The Labute approximate surface area is 230 Å².